The second-order valence-electron chi connectivity index (χ2n) is 4.54. The Morgan fingerprint density at radius 2 is 2.30 bits per heavy atom. The maximum atomic E-state index is 11.5. The maximum absolute atomic E-state index is 11.5. The lowest BCUT2D eigenvalue weighted by molar-refractivity contribution is -0.116. The number of carbonyl (C=O) groups excluding carboxylic acids is 1. The van der Waals surface area contributed by atoms with Gasteiger partial charge in [0.15, 0.2) is 0 Å². The van der Waals surface area contributed by atoms with Crippen LogP contribution in [0, 0.1) is 0 Å². The molecule has 0 aromatic carbocycles. The van der Waals surface area contributed by atoms with Crippen molar-refractivity contribution in [1.29, 1.82) is 0 Å². The summed E-state index contributed by atoms with van der Waals surface area (Å²) in [5.74, 6) is 0.381. The van der Waals surface area contributed by atoms with Crippen LogP contribution in [-0.4, -0.2) is 33.5 Å². The van der Waals surface area contributed by atoms with E-state index in [1.807, 2.05) is 20.8 Å². The fraction of sp³-hybridized carbons (Fsp3) is 0.357. The Kier molecular flexibility index (Phi) is 4.34. The fourth-order valence-corrected chi connectivity index (χ4v) is 1.80. The highest BCUT2D eigenvalue weighted by molar-refractivity contribution is 5.96. The smallest absolute Gasteiger partial charge is 0.243 e. The average molecular weight is 274 g/mol. The molecular formula is C14H18N4O2. The summed E-state index contributed by atoms with van der Waals surface area (Å²) in [7, 11) is 0. The Morgan fingerprint density at radius 1 is 1.50 bits per heavy atom. The average Bonchev–Trinajstić information content (AvgIpc) is 2.80. The third-order valence-electron chi connectivity index (χ3n) is 2.58. The quantitative estimate of drug-likeness (QED) is 0.816. The first-order valence-electron chi connectivity index (χ1n) is 6.56. The number of carbonyl (C=O) groups is 1. The van der Waals surface area contributed by atoms with Crippen LogP contribution in [-0.2, 0) is 4.79 Å². The molecule has 1 amide bonds. The summed E-state index contributed by atoms with van der Waals surface area (Å²) in [4.78, 5) is 22.8. The standard InChI is InChI=1S/C14H18N4O2/c1-4-15-11(19)6-5-10-7-16-13-12(10)14(18-8-17-13)20-9(2)3/h5-9H,4H2,1-3H3,(H,15,19)(H,16,17,18)/b6-5+. The van der Waals surface area contributed by atoms with Crippen LogP contribution in [0.3, 0.4) is 0 Å². The molecule has 0 bridgehead atoms. The number of likely N-dealkylation sites (N-methyl/N-ethyl adjacent to an activating group) is 1. The minimum absolute atomic E-state index is 0.0169. The van der Waals surface area contributed by atoms with Crippen LogP contribution in [0.2, 0.25) is 0 Å². The molecular weight excluding hydrogens is 256 g/mol. The van der Waals surface area contributed by atoms with Crippen molar-refractivity contribution >= 4 is 23.0 Å². The Labute approximate surface area is 117 Å². The predicted molar refractivity (Wildman–Crippen MR) is 77.4 cm³/mol. The molecule has 2 aromatic heterocycles. The van der Waals surface area contributed by atoms with Gasteiger partial charge < -0.3 is 15.0 Å². The third kappa shape index (κ3) is 3.14. The second kappa shape index (κ2) is 6.18. The summed E-state index contributed by atoms with van der Waals surface area (Å²) in [5, 5.41) is 3.48. The zero-order chi connectivity index (χ0) is 14.5. The van der Waals surface area contributed by atoms with Crippen molar-refractivity contribution in [3.63, 3.8) is 0 Å². The van der Waals surface area contributed by atoms with E-state index in [9.17, 15) is 4.79 Å². The number of hydrogen-bond donors (Lipinski definition) is 2. The number of aromatic amines is 1. The molecule has 2 heterocycles. The highest BCUT2D eigenvalue weighted by Gasteiger charge is 2.11. The molecule has 2 N–H and O–H groups in total. The van der Waals surface area contributed by atoms with E-state index in [1.54, 1.807) is 12.3 Å². The first kappa shape index (κ1) is 14.0. The van der Waals surface area contributed by atoms with Gasteiger partial charge in [0.2, 0.25) is 11.8 Å². The van der Waals surface area contributed by atoms with Crippen LogP contribution in [0.1, 0.15) is 26.3 Å². The highest BCUT2D eigenvalue weighted by Crippen LogP contribution is 2.26. The van der Waals surface area contributed by atoms with Gasteiger partial charge in [-0.3, -0.25) is 4.79 Å². The number of rotatable bonds is 5. The number of nitrogens with zero attached hydrogens (tertiary/aromatic N) is 2. The van der Waals surface area contributed by atoms with Gasteiger partial charge in [0.05, 0.1) is 11.5 Å². The minimum Gasteiger partial charge on any atom is -0.474 e. The van der Waals surface area contributed by atoms with Crippen LogP contribution >= 0.6 is 0 Å². The zero-order valence-electron chi connectivity index (χ0n) is 11.8. The molecule has 0 aliphatic rings. The van der Waals surface area contributed by atoms with E-state index < -0.39 is 0 Å². The largest absolute Gasteiger partial charge is 0.474 e. The molecule has 2 rings (SSSR count). The lowest BCUT2D eigenvalue weighted by atomic mass is 10.2. The molecule has 6 heteroatoms. The molecule has 0 saturated carbocycles. The van der Waals surface area contributed by atoms with Gasteiger partial charge in [-0.25, -0.2) is 9.97 Å². The second-order valence-corrected chi connectivity index (χ2v) is 4.54. The lowest BCUT2D eigenvalue weighted by Gasteiger charge is -2.09. The van der Waals surface area contributed by atoms with Gasteiger partial charge in [0.25, 0.3) is 0 Å². The van der Waals surface area contributed by atoms with Gasteiger partial charge >= 0.3 is 0 Å². The van der Waals surface area contributed by atoms with Crippen LogP contribution in [0.4, 0.5) is 0 Å². The van der Waals surface area contributed by atoms with Crippen molar-refractivity contribution in [1.82, 2.24) is 20.3 Å². The number of fused-ring (bicyclic) bond motifs is 1. The molecule has 2 aromatic rings. The normalized spacial score (nSPS) is 11.4. The highest BCUT2D eigenvalue weighted by atomic mass is 16.5. The third-order valence-corrected chi connectivity index (χ3v) is 2.58. The molecule has 0 radical (unpaired) electrons. The van der Waals surface area contributed by atoms with Crippen molar-refractivity contribution in [2.45, 2.75) is 26.9 Å². The summed E-state index contributed by atoms with van der Waals surface area (Å²) in [5.41, 5.74) is 1.51. The van der Waals surface area contributed by atoms with Crippen molar-refractivity contribution in [3.05, 3.63) is 24.2 Å². The Hall–Kier alpha value is -2.37. The van der Waals surface area contributed by atoms with Gasteiger partial charge in [-0.15, -0.1) is 0 Å². The Balaban J connectivity index is 2.36. The maximum Gasteiger partial charge on any atom is 0.243 e. The van der Waals surface area contributed by atoms with Gasteiger partial charge in [-0.1, -0.05) is 0 Å². The molecule has 0 fully saturated rings. The summed E-state index contributed by atoms with van der Waals surface area (Å²) in [6.45, 7) is 6.34. The number of nitrogens with one attached hydrogen (secondary N) is 2. The topological polar surface area (TPSA) is 79.9 Å². The molecule has 0 unspecified atom stereocenters. The number of aromatic nitrogens is 3. The minimum atomic E-state index is -0.134. The first-order valence-corrected chi connectivity index (χ1v) is 6.56. The first-order chi connectivity index (χ1) is 9.61. The van der Waals surface area contributed by atoms with Gasteiger partial charge in [-0.05, 0) is 26.8 Å². The number of H-pyrrole nitrogens is 1. The number of ether oxygens (including phenoxy) is 1. The van der Waals surface area contributed by atoms with E-state index in [-0.39, 0.29) is 12.0 Å². The molecule has 0 atom stereocenters. The van der Waals surface area contributed by atoms with E-state index in [4.69, 9.17) is 4.74 Å². The van der Waals surface area contributed by atoms with Crippen molar-refractivity contribution in [2.24, 2.45) is 0 Å². The van der Waals surface area contributed by atoms with E-state index in [1.165, 1.54) is 12.4 Å². The molecule has 106 valence electrons. The van der Waals surface area contributed by atoms with E-state index in [0.29, 0.717) is 18.1 Å². The summed E-state index contributed by atoms with van der Waals surface area (Å²) >= 11 is 0. The lowest BCUT2D eigenvalue weighted by Crippen LogP contribution is -2.19. The van der Waals surface area contributed by atoms with Crippen LogP contribution in [0.5, 0.6) is 5.88 Å². The van der Waals surface area contributed by atoms with Gasteiger partial charge in [0.1, 0.15) is 12.0 Å². The van der Waals surface area contributed by atoms with Gasteiger partial charge in [-0.2, -0.15) is 0 Å². The molecule has 0 aliphatic carbocycles. The molecule has 0 aliphatic heterocycles. The predicted octanol–water partition coefficient (Wildman–Crippen LogP) is 1.89. The zero-order valence-corrected chi connectivity index (χ0v) is 11.8. The number of amides is 1. The van der Waals surface area contributed by atoms with Crippen LogP contribution in [0.15, 0.2) is 18.6 Å². The van der Waals surface area contributed by atoms with Gasteiger partial charge in [0, 0.05) is 24.4 Å². The van der Waals surface area contributed by atoms with Crippen LogP contribution in [0.25, 0.3) is 17.1 Å². The van der Waals surface area contributed by atoms with E-state index in [2.05, 4.69) is 20.3 Å². The molecule has 0 spiro atoms. The van der Waals surface area contributed by atoms with Crippen LogP contribution < -0.4 is 10.1 Å². The van der Waals surface area contributed by atoms with E-state index in [0.717, 1.165) is 10.9 Å². The number of hydrogen-bond acceptors (Lipinski definition) is 4. The molecule has 0 saturated heterocycles. The monoisotopic (exact) mass is 274 g/mol. The summed E-state index contributed by atoms with van der Waals surface area (Å²) < 4.78 is 5.68. The van der Waals surface area contributed by atoms with E-state index >= 15 is 0 Å². The Morgan fingerprint density at radius 3 is 3.00 bits per heavy atom. The van der Waals surface area contributed by atoms with Crippen molar-refractivity contribution in [3.8, 4) is 5.88 Å². The SMILES string of the molecule is CCNC(=O)/C=C/c1c[nH]c2ncnc(OC(C)C)c12. The summed E-state index contributed by atoms with van der Waals surface area (Å²) in [6.07, 6.45) is 6.46. The molecule has 6 nitrogen and oxygen atoms in total. The Bertz CT molecular complexity index is 631. The molecule has 20 heavy (non-hydrogen) atoms. The fourth-order valence-electron chi connectivity index (χ4n) is 1.80. The summed E-state index contributed by atoms with van der Waals surface area (Å²) in [6, 6.07) is 0. The van der Waals surface area contributed by atoms with Crippen molar-refractivity contribution in [2.75, 3.05) is 6.54 Å². The van der Waals surface area contributed by atoms with Crippen molar-refractivity contribution < 1.29 is 9.53 Å².